The zero-order chi connectivity index (χ0) is 30.2. The highest BCUT2D eigenvalue weighted by atomic mass is 16.5. The second kappa shape index (κ2) is 14.0. The van der Waals surface area contributed by atoms with Crippen LogP contribution in [0, 0.1) is 0 Å². The van der Waals surface area contributed by atoms with Crippen LogP contribution >= 0.6 is 0 Å². The normalized spacial score (nSPS) is 12.1. The first-order valence-electron chi connectivity index (χ1n) is 15.0. The molecule has 0 saturated heterocycles. The van der Waals surface area contributed by atoms with Crippen molar-refractivity contribution >= 4 is 33.6 Å². The summed E-state index contributed by atoms with van der Waals surface area (Å²) in [6, 6.07) is 17.1. The molecule has 0 fully saturated rings. The minimum atomic E-state index is -0.472. The molecule has 224 valence electrons. The number of ketones is 1. The number of amides is 1. The molecule has 0 aliphatic rings. The predicted molar refractivity (Wildman–Crippen MR) is 165 cm³/mol. The van der Waals surface area contributed by atoms with E-state index in [-0.39, 0.29) is 24.0 Å². The van der Waals surface area contributed by atoms with Gasteiger partial charge in [-0.3, -0.25) is 9.59 Å². The molecule has 5 rings (SSSR count). The van der Waals surface area contributed by atoms with Crippen molar-refractivity contribution in [1.82, 2.24) is 30.0 Å². The summed E-state index contributed by atoms with van der Waals surface area (Å²) in [4.78, 5) is 34.3. The topological polar surface area (TPSA) is 125 Å². The number of unbranched alkanes of at least 4 members (excludes halogenated alkanes) is 2. The molecule has 0 aliphatic carbocycles. The standard InChI is InChI=1S/C33H38N6O4/c1-4-23(40)14-7-6-8-17-27(35-30(41)19-20-39-28-18-12-11-16-26(28)34-29(39)5-2)33-38-37-32(43-33)24-21-22-13-9-10-15-25(22)36-31(24)42-3/h9-13,15-16,18,21,27H,4-8,14,17,19-20H2,1-3H3,(H,35,41)/t27-/m0/s1. The lowest BCUT2D eigenvalue weighted by Gasteiger charge is -2.16. The highest BCUT2D eigenvalue weighted by Crippen LogP contribution is 2.32. The van der Waals surface area contributed by atoms with Crippen LogP contribution in [-0.2, 0) is 22.6 Å². The van der Waals surface area contributed by atoms with E-state index >= 15 is 0 Å². The third-order valence-corrected chi connectivity index (χ3v) is 7.64. The molecule has 1 atom stereocenters. The Morgan fingerprint density at radius 3 is 2.53 bits per heavy atom. The van der Waals surface area contributed by atoms with Gasteiger partial charge in [0, 0.05) is 37.6 Å². The number of pyridine rings is 1. The van der Waals surface area contributed by atoms with E-state index in [1.54, 1.807) is 7.11 Å². The van der Waals surface area contributed by atoms with Crippen LogP contribution in [0.2, 0.25) is 0 Å². The van der Waals surface area contributed by atoms with Crippen molar-refractivity contribution in [2.45, 2.75) is 77.8 Å². The van der Waals surface area contributed by atoms with Crippen LogP contribution in [0.5, 0.6) is 5.88 Å². The lowest BCUT2D eigenvalue weighted by molar-refractivity contribution is -0.122. The number of methoxy groups -OCH3 is 1. The number of aromatic nitrogens is 5. The summed E-state index contributed by atoms with van der Waals surface area (Å²) in [6.45, 7) is 4.46. The second-order valence-electron chi connectivity index (χ2n) is 10.6. The summed E-state index contributed by atoms with van der Waals surface area (Å²) in [5, 5.41) is 12.7. The van der Waals surface area contributed by atoms with Gasteiger partial charge in [0.1, 0.15) is 23.2 Å². The number of para-hydroxylation sites is 3. The summed E-state index contributed by atoms with van der Waals surface area (Å²) in [6.07, 6.45) is 5.27. The van der Waals surface area contributed by atoms with E-state index in [1.807, 2.05) is 61.5 Å². The van der Waals surface area contributed by atoms with Gasteiger partial charge in [-0.2, -0.15) is 0 Å². The molecule has 43 heavy (non-hydrogen) atoms. The van der Waals surface area contributed by atoms with Crippen molar-refractivity contribution in [3.63, 3.8) is 0 Å². The van der Waals surface area contributed by atoms with Crippen LogP contribution in [-0.4, -0.2) is 43.5 Å². The van der Waals surface area contributed by atoms with Crippen LogP contribution in [0.25, 0.3) is 33.4 Å². The fourth-order valence-corrected chi connectivity index (χ4v) is 5.30. The number of hydrogen-bond acceptors (Lipinski definition) is 8. The summed E-state index contributed by atoms with van der Waals surface area (Å²) in [5.41, 5.74) is 3.33. The zero-order valence-corrected chi connectivity index (χ0v) is 25.0. The zero-order valence-electron chi connectivity index (χ0n) is 25.0. The Bertz CT molecular complexity index is 1710. The maximum atomic E-state index is 13.3. The lowest BCUT2D eigenvalue weighted by Crippen LogP contribution is -2.29. The van der Waals surface area contributed by atoms with Crippen LogP contribution in [0.3, 0.4) is 0 Å². The minimum Gasteiger partial charge on any atom is -0.480 e. The number of Topliss-reactive ketones (excluding diaryl/α,β-unsaturated/α-hetero) is 1. The van der Waals surface area contributed by atoms with Gasteiger partial charge in [0.2, 0.25) is 17.7 Å². The highest BCUT2D eigenvalue weighted by Gasteiger charge is 2.24. The number of aryl methyl sites for hydroxylation is 2. The quantitative estimate of drug-likeness (QED) is 0.141. The number of carbonyl (C=O) groups excluding carboxylic acids is 2. The van der Waals surface area contributed by atoms with E-state index in [0.717, 1.165) is 53.4 Å². The highest BCUT2D eigenvalue weighted by molar-refractivity contribution is 5.84. The molecule has 10 heteroatoms. The second-order valence-corrected chi connectivity index (χ2v) is 10.6. The Morgan fingerprint density at radius 1 is 0.953 bits per heavy atom. The Morgan fingerprint density at radius 2 is 1.74 bits per heavy atom. The largest absolute Gasteiger partial charge is 0.480 e. The summed E-state index contributed by atoms with van der Waals surface area (Å²) >= 11 is 0. The van der Waals surface area contributed by atoms with E-state index < -0.39 is 6.04 Å². The molecule has 3 heterocycles. The lowest BCUT2D eigenvalue weighted by atomic mass is 10.0. The molecule has 0 aliphatic heterocycles. The molecule has 10 nitrogen and oxygen atoms in total. The Balaban J connectivity index is 1.33. The smallest absolute Gasteiger partial charge is 0.253 e. The third kappa shape index (κ3) is 7.07. The van der Waals surface area contributed by atoms with Crippen molar-refractivity contribution < 1.29 is 18.7 Å². The summed E-state index contributed by atoms with van der Waals surface area (Å²) in [5.74, 6) is 2.08. The summed E-state index contributed by atoms with van der Waals surface area (Å²) < 4.78 is 13.8. The number of rotatable bonds is 15. The van der Waals surface area contributed by atoms with E-state index in [4.69, 9.17) is 14.1 Å². The molecular formula is C33H38N6O4. The van der Waals surface area contributed by atoms with E-state index in [0.29, 0.717) is 43.1 Å². The first-order chi connectivity index (χ1) is 21.0. The number of carbonyl (C=O) groups is 2. The van der Waals surface area contributed by atoms with Gasteiger partial charge in [0.25, 0.3) is 5.89 Å². The number of imidazole rings is 1. The van der Waals surface area contributed by atoms with Gasteiger partial charge >= 0.3 is 0 Å². The Labute approximate surface area is 250 Å². The van der Waals surface area contributed by atoms with Gasteiger partial charge in [0.15, 0.2) is 0 Å². The van der Waals surface area contributed by atoms with Crippen molar-refractivity contribution in [3.8, 4) is 17.3 Å². The maximum Gasteiger partial charge on any atom is 0.253 e. The molecule has 0 unspecified atom stereocenters. The van der Waals surface area contributed by atoms with Crippen LogP contribution in [0.4, 0.5) is 0 Å². The van der Waals surface area contributed by atoms with Gasteiger partial charge in [-0.15, -0.1) is 10.2 Å². The number of nitrogens with one attached hydrogen (secondary N) is 1. The molecule has 3 aromatic heterocycles. The molecule has 1 amide bonds. The molecule has 0 radical (unpaired) electrons. The molecule has 5 aromatic rings. The molecule has 0 saturated carbocycles. The number of hydrogen-bond donors (Lipinski definition) is 1. The Kier molecular flexibility index (Phi) is 9.76. The van der Waals surface area contributed by atoms with Gasteiger partial charge in [-0.05, 0) is 37.1 Å². The van der Waals surface area contributed by atoms with Crippen molar-refractivity contribution in [2.75, 3.05) is 7.11 Å². The first kappa shape index (κ1) is 29.9. The van der Waals surface area contributed by atoms with Crippen molar-refractivity contribution in [3.05, 3.63) is 66.3 Å². The molecular weight excluding hydrogens is 544 g/mol. The van der Waals surface area contributed by atoms with E-state index in [9.17, 15) is 9.59 Å². The average Bonchev–Trinajstić information content (AvgIpc) is 3.67. The third-order valence-electron chi connectivity index (χ3n) is 7.64. The number of nitrogens with zero attached hydrogens (tertiary/aromatic N) is 5. The molecule has 0 spiro atoms. The average molecular weight is 583 g/mol. The monoisotopic (exact) mass is 582 g/mol. The van der Waals surface area contributed by atoms with Crippen LogP contribution in [0.1, 0.15) is 76.6 Å². The van der Waals surface area contributed by atoms with Crippen molar-refractivity contribution in [1.29, 1.82) is 0 Å². The van der Waals surface area contributed by atoms with Gasteiger partial charge in [0.05, 0.1) is 23.7 Å². The van der Waals surface area contributed by atoms with Gasteiger partial charge in [-0.25, -0.2) is 9.97 Å². The summed E-state index contributed by atoms with van der Waals surface area (Å²) in [7, 11) is 1.55. The molecule has 2 aromatic carbocycles. The number of benzene rings is 2. The number of fused-ring (bicyclic) bond motifs is 2. The minimum absolute atomic E-state index is 0.115. The maximum absolute atomic E-state index is 13.3. The van der Waals surface area contributed by atoms with E-state index in [2.05, 4.69) is 32.0 Å². The van der Waals surface area contributed by atoms with Crippen LogP contribution < -0.4 is 10.1 Å². The fourth-order valence-electron chi connectivity index (χ4n) is 5.30. The van der Waals surface area contributed by atoms with E-state index in [1.165, 1.54) is 0 Å². The van der Waals surface area contributed by atoms with Crippen LogP contribution in [0.15, 0.2) is 59.0 Å². The van der Waals surface area contributed by atoms with Gasteiger partial charge < -0.3 is 19.0 Å². The van der Waals surface area contributed by atoms with Crippen molar-refractivity contribution in [2.24, 2.45) is 0 Å². The molecule has 0 bridgehead atoms. The fraction of sp³-hybridized carbons (Fsp3) is 0.394. The first-order valence-corrected chi connectivity index (χ1v) is 15.0. The van der Waals surface area contributed by atoms with Gasteiger partial charge in [-0.1, -0.05) is 57.0 Å². The number of ether oxygens (including phenoxy) is 1. The SMILES string of the molecule is CCC(=O)CCCCC[C@H](NC(=O)CCn1c(CC)nc2ccccc21)c1nnc(-c2cc3ccccc3nc2OC)o1. The molecule has 1 N–H and O–H groups in total. The predicted octanol–water partition coefficient (Wildman–Crippen LogP) is 6.38. The Hall–Kier alpha value is -4.60.